The minimum atomic E-state index is -2.95. The van der Waals surface area contributed by atoms with Crippen molar-refractivity contribution >= 4 is 39.8 Å². The number of hydrogen-bond donors (Lipinski definition) is 2. The molecule has 1 aromatic rings. The Morgan fingerprint density at radius 2 is 2.00 bits per heavy atom. The van der Waals surface area contributed by atoms with Crippen molar-refractivity contribution in [3.63, 3.8) is 0 Å². The third kappa shape index (κ3) is 10.4. The van der Waals surface area contributed by atoms with Crippen LogP contribution in [0.3, 0.4) is 0 Å². The predicted molar refractivity (Wildman–Crippen MR) is 137 cm³/mol. The molecule has 0 aliphatic carbocycles. The molecule has 1 aromatic carbocycles. The van der Waals surface area contributed by atoms with Gasteiger partial charge in [0.15, 0.2) is 5.96 Å². The van der Waals surface area contributed by atoms with E-state index >= 15 is 0 Å². The molecule has 0 spiro atoms. The van der Waals surface area contributed by atoms with Gasteiger partial charge >= 0.3 is 0 Å². The molecule has 0 aromatic heterocycles. The molecule has 2 N–H and O–H groups in total. The number of halogens is 1. The van der Waals surface area contributed by atoms with Crippen LogP contribution in [0.25, 0.3) is 0 Å². The second-order valence-electron chi connectivity index (χ2n) is 8.41. The Morgan fingerprint density at radius 1 is 1.30 bits per heavy atom. The van der Waals surface area contributed by atoms with Crippen molar-refractivity contribution in [1.29, 1.82) is 0 Å². The van der Waals surface area contributed by atoms with Crippen molar-refractivity contribution in [2.45, 2.75) is 59.2 Å². The Hall–Kier alpha value is -0.870. The number of guanidine groups is 1. The van der Waals surface area contributed by atoms with E-state index in [0.717, 1.165) is 25.0 Å². The van der Waals surface area contributed by atoms with Gasteiger partial charge in [0.2, 0.25) is 0 Å². The van der Waals surface area contributed by atoms with E-state index in [2.05, 4.69) is 46.7 Å². The van der Waals surface area contributed by atoms with Gasteiger partial charge in [0.05, 0.1) is 12.3 Å². The Morgan fingerprint density at radius 3 is 2.63 bits per heavy atom. The fourth-order valence-corrected chi connectivity index (χ4v) is 4.50. The summed E-state index contributed by atoms with van der Waals surface area (Å²) in [6.07, 6.45) is 4.45. The Bertz CT molecular complexity index is 770. The van der Waals surface area contributed by atoms with Crippen LogP contribution in [0.1, 0.15) is 51.2 Å². The second-order valence-corrected chi connectivity index (χ2v) is 10.7. The molecule has 6 nitrogen and oxygen atoms in total. The molecule has 0 saturated carbocycles. The minimum absolute atomic E-state index is 0. The van der Waals surface area contributed by atoms with Crippen LogP contribution >= 0.6 is 24.0 Å². The first-order chi connectivity index (χ1) is 13.8. The fourth-order valence-electron chi connectivity index (χ4n) is 3.72. The number of nitrogens with zero attached hydrogens (tertiary/aromatic N) is 2. The number of rotatable bonds is 9. The maximum absolute atomic E-state index is 11.4. The molecular formula is C22H39IN4O2S. The molecule has 1 saturated heterocycles. The lowest BCUT2D eigenvalue weighted by molar-refractivity contribution is 0.176. The highest BCUT2D eigenvalue weighted by Gasteiger charge is 2.17. The predicted octanol–water partition coefficient (Wildman–Crippen LogP) is 3.41. The summed E-state index contributed by atoms with van der Waals surface area (Å²) in [7, 11) is -2.95. The third-order valence-corrected chi connectivity index (χ3v) is 6.29. The Balaban J connectivity index is 0.00000450. The van der Waals surface area contributed by atoms with Crippen LogP contribution in [0.15, 0.2) is 29.3 Å². The lowest BCUT2D eigenvalue weighted by atomic mass is 9.99. The third-order valence-electron chi connectivity index (χ3n) is 5.31. The zero-order valence-electron chi connectivity index (χ0n) is 18.9. The molecule has 30 heavy (non-hydrogen) atoms. The SMILES string of the molecule is CCNC(=NCc1ccccc1CN1CCCC(C)C1)NC(C)CCS(C)(=O)=O.I. The maximum Gasteiger partial charge on any atom is 0.191 e. The van der Waals surface area contributed by atoms with Crippen LogP contribution in [0.4, 0.5) is 0 Å². The molecule has 8 heteroatoms. The summed E-state index contributed by atoms with van der Waals surface area (Å²) in [5, 5.41) is 6.60. The molecule has 0 radical (unpaired) electrons. The van der Waals surface area contributed by atoms with Crippen LogP contribution in [0, 0.1) is 5.92 Å². The summed E-state index contributed by atoms with van der Waals surface area (Å²) in [6, 6.07) is 8.57. The van der Waals surface area contributed by atoms with E-state index in [9.17, 15) is 8.42 Å². The summed E-state index contributed by atoms with van der Waals surface area (Å²) in [5.41, 5.74) is 2.58. The molecule has 0 bridgehead atoms. The average Bonchev–Trinajstić information content (AvgIpc) is 2.65. The number of piperidine rings is 1. The van der Waals surface area contributed by atoms with E-state index in [1.807, 2.05) is 13.8 Å². The fraction of sp³-hybridized carbons (Fsp3) is 0.682. The second kappa shape index (κ2) is 13.5. The van der Waals surface area contributed by atoms with Crippen molar-refractivity contribution in [2.75, 3.05) is 31.6 Å². The summed E-state index contributed by atoms with van der Waals surface area (Å²) < 4.78 is 22.8. The summed E-state index contributed by atoms with van der Waals surface area (Å²) in [4.78, 5) is 7.31. The van der Waals surface area contributed by atoms with Gasteiger partial charge in [0.1, 0.15) is 9.84 Å². The van der Waals surface area contributed by atoms with Gasteiger partial charge in [-0.15, -0.1) is 24.0 Å². The van der Waals surface area contributed by atoms with Crippen molar-refractivity contribution in [3.8, 4) is 0 Å². The number of benzene rings is 1. The maximum atomic E-state index is 11.4. The normalized spacial score (nSPS) is 19.1. The highest BCUT2D eigenvalue weighted by molar-refractivity contribution is 14.0. The molecule has 1 aliphatic rings. The lowest BCUT2D eigenvalue weighted by Gasteiger charge is -2.31. The van der Waals surface area contributed by atoms with Crippen LogP contribution < -0.4 is 10.6 Å². The molecule has 2 rings (SSSR count). The van der Waals surface area contributed by atoms with Gasteiger partial charge in [-0.25, -0.2) is 13.4 Å². The van der Waals surface area contributed by atoms with Crippen molar-refractivity contribution < 1.29 is 8.42 Å². The zero-order chi connectivity index (χ0) is 21.3. The highest BCUT2D eigenvalue weighted by atomic mass is 127. The van der Waals surface area contributed by atoms with E-state index in [1.165, 1.54) is 43.3 Å². The first-order valence-corrected chi connectivity index (χ1v) is 12.8. The average molecular weight is 551 g/mol. The molecule has 172 valence electrons. The van der Waals surface area contributed by atoms with Crippen LogP contribution in [-0.4, -0.2) is 57.0 Å². The summed E-state index contributed by atoms with van der Waals surface area (Å²) in [6.45, 7) is 11.0. The van der Waals surface area contributed by atoms with Crippen LogP contribution in [0.2, 0.25) is 0 Å². The number of nitrogens with one attached hydrogen (secondary N) is 2. The van der Waals surface area contributed by atoms with Crippen molar-refractivity contribution in [3.05, 3.63) is 35.4 Å². The van der Waals surface area contributed by atoms with E-state index in [-0.39, 0.29) is 35.8 Å². The first kappa shape index (κ1) is 27.2. The van der Waals surface area contributed by atoms with Crippen LogP contribution in [-0.2, 0) is 22.9 Å². The molecule has 1 aliphatic heterocycles. The smallest absolute Gasteiger partial charge is 0.191 e. The first-order valence-electron chi connectivity index (χ1n) is 10.8. The Labute approximate surface area is 200 Å². The van der Waals surface area contributed by atoms with Crippen molar-refractivity contribution in [1.82, 2.24) is 15.5 Å². The molecular weight excluding hydrogens is 511 g/mol. The zero-order valence-corrected chi connectivity index (χ0v) is 22.0. The minimum Gasteiger partial charge on any atom is -0.357 e. The lowest BCUT2D eigenvalue weighted by Crippen LogP contribution is -2.42. The number of hydrogen-bond acceptors (Lipinski definition) is 4. The number of sulfone groups is 1. The van der Waals surface area contributed by atoms with Gasteiger partial charge in [-0.05, 0) is 56.7 Å². The summed E-state index contributed by atoms with van der Waals surface area (Å²) in [5.74, 6) is 1.68. The molecule has 1 heterocycles. The highest BCUT2D eigenvalue weighted by Crippen LogP contribution is 2.20. The van der Waals surface area contributed by atoms with Crippen molar-refractivity contribution in [2.24, 2.45) is 10.9 Å². The van der Waals surface area contributed by atoms with E-state index in [1.54, 1.807) is 0 Å². The Kier molecular flexibility index (Phi) is 12.2. The van der Waals surface area contributed by atoms with E-state index in [0.29, 0.717) is 13.0 Å². The van der Waals surface area contributed by atoms with E-state index < -0.39 is 9.84 Å². The van der Waals surface area contributed by atoms with Gasteiger partial charge < -0.3 is 10.6 Å². The topological polar surface area (TPSA) is 73.8 Å². The molecule has 1 fully saturated rings. The standard InChI is InChI=1S/C22H38N4O2S.HI/c1-5-23-22(25-19(3)12-14-29(4,27)28)24-15-20-10-6-7-11-21(20)17-26-13-8-9-18(2)16-26;/h6-7,10-11,18-19H,5,8-9,12-17H2,1-4H3,(H2,23,24,25);1H. The van der Waals surface area contributed by atoms with Gasteiger partial charge in [-0.1, -0.05) is 31.2 Å². The summed E-state index contributed by atoms with van der Waals surface area (Å²) >= 11 is 0. The van der Waals surface area contributed by atoms with E-state index in [4.69, 9.17) is 4.99 Å². The number of aliphatic imine (C=N–C) groups is 1. The van der Waals surface area contributed by atoms with Gasteiger partial charge in [-0.2, -0.15) is 0 Å². The molecule has 2 atom stereocenters. The quantitative estimate of drug-likeness (QED) is 0.280. The largest absolute Gasteiger partial charge is 0.357 e. The molecule has 0 amide bonds. The van der Waals surface area contributed by atoms with Crippen LogP contribution in [0.5, 0.6) is 0 Å². The van der Waals surface area contributed by atoms with Gasteiger partial charge in [0.25, 0.3) is 0 Å². The van der Waals surface area contributed by atoms with Gasteiger partial charge in [0, 0.05) is 31.9 Å². The molecule has 2 unspecified atom stereocenters. The number of likely N-dealkylation sites (tertiary alicyclic amines) is 1. The van der Waals surface area contributed by atoms with Gasteiger partial charge in [-0.3, -0.25) is 4.90 Å². The monoisotopic (exact) mass is 550 g/mol.